The maximum atomic E-state index is 12.7. The number of urea groups is 1. The smallest absolute Gasteiger partial charge is 0.508 e. The van der Waals surface area contributed by atoms with Crippen molar-refractivity contribution in [1.82, 2.24) is 10.2 Å². The molecule has 0 spiro atoms. The number of alkyl halides is 3. The van der Waals surface area contributed by atoms with Crippen LogP contribution in [0.25, 0.3) is 0 Å². The molecule has 0 aliphatic heterocycles. The van der Waals surface area contributed by atoms with Gasteiger partial charge < -0.3 is 20.9 Å². The number of carbonyl (C=O) groups excluding carboxylic acids is 1. The van der Waals surface area contributed by atoms with E-state index in [1.54, 1.807) is 6.92 Å². The van der Waals surface area contributed by atoms with Crippen LogP contribution in [0.4, 0.5) is 18.0 Å². The monoisotopic (exact) mass is 601 g/mol. The Labute approximate surface area is 263 Å². The van der Waals surface area contributed by atoms with Gasteiger partial charge in [0.1, 0.15) is 11.6 Å². The zero-order valence-corrected chi connectivity index (χ0v) is 25.5. The normalized spacial score (nSPS) is 16.2. The number of nitrogens with zero attached hydrogens (tertiary/aromatic N) is 1. The third-order valence-corrected chi connectivity index (χ3v) is 6.52. The molecule has 5 N–H and O–H groups in total. The number of aliphatic carboxylic acids is 1. The molecule has 0 saturated carbocycles. The molecular formula is C28H30ClF3N4NaO4-. The molecular weight excluding hydrogens is 572 g/mol. The topological polar surface area (TPSA) is 138 Å². The molecule has 1 aliphatic carbocycles. The van der Waals surface area contributed by atoms with E-state index in [4.69, 9.17) is 22.4 Å². The first kappa shape index (κ1) is 36.0. The van der Waals surface area contributed by atoms with Gasteiger partial charge in [-0.25, -0.2) is 10.4 Å². The van der Waals surface area contributed by atoms with Crippen LogP contribution in [0.5, 0.6) is 5.75 Å². The number of carboxylic acid groups (broad SMARTS) is 1. The van der Waals surface area contributed by atoms with E-state index in [2.05, 4.69) is 18.3 Å². The summed E-state index contributed by atoms with van der Waals surface area (Å²) in [5.41, 5.74) is 0.457. The van der Waals surface area contributed by atoms with Crippen LogP contribution in [-0.4, -0.2) is 57.9 Å². The molecule has 1 aliphatic rings. The Balaban J connectivity index is 0.000000801. The Bertz CT molecular complexity index is 1250. The number of amides is 2. The fourth-order valence-electron chi connectivity index (χ4n) is 3.51. The van der Waals surface area contributed by atoms with Crippen molar-refractivity contribution in [1.29, 1.82) is 10.8 Å². The summed E-state index contributed by atoms with van der Waals surface area (Å²) in [7, 11) is 0. The first-order valence-corrected chi connectivity index (χ1v) is 12.5. The molecule has 0 radical (unpaired) electrons. The van der Waals surface area contributed by atoms with E-state index >= 15 is 0 Å². The van der Waals surface area contributed by atoms with Crippen LogP contribution in [0.15, 0.2) is 54.1 Å². The van der Waals surface area contributed by atoms with Gasteiger partial charge >= 0.3 is 47.7 Å². The second-order valence-electron chi connectivity index (χ2n) is 9.34. The minimum atomic E-state index is -4.54. The van der Waals surface area contributed by atoms with Crippen molar-refractivity contribution in [3.05, 3.63) is 83.3 Å². The summed E-state index contributed by atoms with van der Waals surface area (Å²) in [6.45, 7) is 4.16. The molecule has 8 nitrogen and oxygen atoms in total. The minimum Gasteiger partial charge on any atom is -0.508 e. The fraction of sp³-hybridized carbons (Fsp3) is 0.321. The summed E-state index contributed by atoms with van der Waals surface area (Å²) in [5, 5.41) is 37.9. The van der Waals surface area contributed by atoms with Crippen LogP contribution in [0.3, 0.4) is 0 Å². The molecule has 216 valence electrons. The number of hydrogen-bond donors (Lipinski definition) is 5. The molecule has 0 heterocycles. The minimum absolute atomic E-state index is 0. The van der Waals surface area contributed by atoms with Gasteiger partial charge in [0.05, 0.1) is 11.8 Å². The standard InChI is InChI=1S/C21H24F3N4O4.C7H6Cl.Na/c1-20(18(30)31)8-6-13(7-9-20)16(25)12-27-19(32)28(11-10-21(22,23)24)17(26)14-2-4-15(29)5-3-14;1-6-4-2-3-5-7(6)8;/h2-5,25-26,29H,6,8-12H2,1H3,(H,27,32)(H,30,31);2-5H,1H2;/q2*-1;+1. The molecule has 0 bridgehead atoms. The van der Waals surface area contributed by atoms with E-state index < -0.39 is 42.4 Å². The summed E-state index contributed by atoms with van der Waals surface area (Å²) in [6, 6.07) is 11.6. The van der Waals surface area contributed by atoms with Gasteiger partial charge in [0, 0.05) is 12.1 Å². The number of rotatable bonds is 7. The second-order valence-corrected chi connectivity index (χ2v) is 9.75. The van der Waals surface area contributed by atoms with Crippen molar-refractivity contribution in [2.24, 2.45) is 5.41 Å². The average Bonchev–Trinajstić information content (AvgIpc) is 2.89. The third kappa shape index (κ3) is 11.4. The van der Waals surface area contributed by atoms with Crippen LogP contribution in [0, 0.1) is 29.2 Å². The van der Waals surface area contributed by atoms with Crippen LogP contribution in [0.2, 0.25) is 5.02 Å². The van der Waals surface area contributed by atoms with Crippen LogP contribution < -0.4 is 34.9 Å². The van der Waals surface area contributed by atoms with E-state index in [1.165, 1.54) is 24.3 Å². The number of benzene rings is 2. The maximum Gasteiger partial charge on any atom is 1.00 e. The Morgan fingerprint density at radius 3 is 2.24 bits per heavy atom. The summed E-state index contributed by atoms with van der Waals surface area (Å²) < 4.78 is 38.2. The predicted octanol–water partition coefficient (Wildman–Crippen LogP) is 3.23. The number of allylic oxidation sites excluding steroid dienone is 1. The van der Waals surface area contributed by atoms with Gasteiger partial charge in [0.25, 0.3) is 0 Å². The van der Waals surface area contributed by atoms with Gasteiger partial charge in [-0.3, -0.25) is 21.2 Å². The molecule has 13 heteroatoms. The van der Waals surface area contributed by atoms with Crippen molar-refractivity contribution >= 4 is 35.1 Å². The van der Waals surface area contributed by atoms with Crippen molar-refractivity contribution in [3.8, 4) is 5.75 Å². The predicted molar refractivity (Wildman–Crippen MR) is 146 cm³/mol. The molecule has 2 aromatic rings. The van der Waals surface area contributed by atoms with Crippen molar-refractivity contribution in [3.63, 3.8) is 0 Å². The number of carboxylic acids is 1. The van der Waals surface area contributed by atoms with Crippen LogP contribution in [-0.2, 0) is 4.79 Å². The summed E-state index contributed by atoms with van der Waals surface area (Å²) in [5.74, 6) is -1.55. The van der Waals surface area contributed by atoms with Gasteiger partial charge in [0.15, 0.2) is 0 Å². The molecule has 2 aromatic carbocycles. The maximum absolute atomic E-state index is 12.7. The van der Waals surface area contributed by atoms with E-state index in [1.807, 2.05) is 24.3 Å². The molecule has 0 aromatic heterocycles. The molecule has 0 fully saturated rings. The fourth-order valence-corrected chi connectivity index (χ4v) is 3.65. The van der Waals surface area contributed by atoms with Crippen LogP contribution in [0.1, 0.15) is 43.7 Å². The van der Waals surface area contributed by atoms with Gasteiger partial charge in [-0.15, -0.1) is 12.1 Å². The van der Waals surface area contributed by atoms with Crippen molar-refractivity contribution < 1.29 is 62.5 Å². The average molecular weight is 602 g/mol. The zero-order valence-electron chi connectivity index (χ0n) is 22.7. The Hall–Kier alpha value is -2.99. The summed E-state index contributed by atoms with van der Waals surface area (Å²) in [6.07, 6.45) is -2.32. The number of amidine groups is 1. The first-order valence-electron chi connectivity index (χ1n) is 12.1. The number of nitrogens with one attached hydrogen (secondary N) is 3. The number of carbonyl (C=O) groups is 2. The van der Waals surface area contributed by atoms with Crippen LogP contribution >= 0.6 is 11.6 Å². The van der Waals surface area contributed by atoms with E-state index in [0.29, 0.717) is 16.9 Å². The number of halogens is 4. The van der Waals surface area contributed by atoms with Gasteiger partial charge in [-0.05, 0) is 37.2 Å². The van der Waals surface area contributed by atoms with E-state index in [9.17, 15) is 33.0 Å². The SMILES string of the molecule is CC1(C(=O)O)C[C-]=C(C(=N)CNC(=O)N(CCC(F)(F)F)C(=N)c2ccc(O)cc2)CC1.[CH2-]c1ccccc1Cl.[Na+]. The molecule has 2 amide bonds. The number of phenolic OH excluding ortho intramolecular Hbond substituents is 1. The van der Waals surface area contributed by atoms with Gasteiger partial charge in [-0.1, -0.05) is 36.6 Å². The van der Waals surface area contributed by atoms with Crippen molar-refractivity contribution in [2.75, 3.05) is 13.1 Å². The molecule has 3 rings (SSSR count). The number of phenols is 1. The number of hydrogen-bond acceptors (Lipinski definition) is 5. The number of aromatic hydroxyl groups is 1. The molecule has 1 atom stereocenters. The van der Waals surface area contributed by atoms with Gasteiger partial charge in [0.2, 0.25) is 0 Å². The van der Waals surface area contributed by atoms with Gasteiger partial charge in [-0.2, -0.15) is 43.3 Å². The van der Waals surface area contributed by atoms with E-state index in [0.717, 1.165) is 10.6 Å². The zero-order chi connectivity index (χ0) is 30.1. The van der Waals surface area contributed by atoms with Crippen molar-refractivity contribution in [2.45, 2.75) is 38.8 Å². The first-order chi connectivity index (χ1) is 18.6. The Morgan fingerprint density at radius 2 is 1.78 bits per heavy atom. The largest absolute Gasteiger partial charge is 1.00 e. The summed E-state index contributed by atoms with van der Waals surface area (Å²) >= 11 is 5.65. The Kier molecular flexibility index (Phi) is 13.9. The second kappa shape index (κ2) is 15.9. The Morgan fingerprint density at radius 1 is 1.17 bits per heavy atom. The molecule has 1 unspecified atom stereocenters. The quantitative estimate of drug-likeness (QED) is 0.144. The summed E-state index contributed by atoms with van der Waals surface area (Å²) in [4.78, 5) is 24.5. The molecule has 41 heavy (non-hydrogen) atoms. The third-order valence-electron chi connectivity index (χ3n) is 6.15. The molecule has 0 saturated heterocycles. The van der Waals surface area contributed by atoms with E-state index in [-0.39, 0.29) is 66.0 Å².